The van der Waals surface area contributed by atoms with Crippen molar-refractivity contribution in [1.82, 2.24) is 15.3 Å². The van der Waals surface area contributed by atoms with E-state index in [4.69, 9.17) is 0 Å². The van der Waals surface area contributed by atoms with E-state index in [9.17, 15) is 9.59 Å². The summed E-state index contributed by atoms with van der Waals surface area (Å²) in [5.74, 6) is 0.0583. The Morgan fingerprint density at radius 1 is 1.06 bits per heavy atom. The van der Waals surface area contributed by atoms with Crippen molar-refractivity contribution in [2.45, 2.75) is 39.5 Å². The van der Waals surface area contributed by atoms with Crippen LogP contribution in [0.15, 0.2) is 58.3 Å². The molecule has 0 fully saturated rings. The molecule has 7 heteroatoms. The van der Waals surface area contributed by atoms with Gasteiger partial charge in [0.25, 0.3) is 11.5 Å². The molecule has 1 aliphatic rings. The summed E-state index contributed by atoms with van der Waals surface area (Å²) in [6, 6.07) is 14.8. The van der Waals surface area contributed by atoms with Gasteiger partial charge in [0.1, 0.15) is 0 Å². The van der Waals surface area contributed by atoms with Gasteiger partial charge < -0.3 is 5.32 Å². The molecule has 3 N–H and O–H groups in total. The monoisotopic (exact) mass is 415 g/mol. The van der Waals surface area contributed by atoms with Crippen molar-refractivity contribution in [2.24, 2.45) is 4.99 Å². The molecular formula is C24H25N5O2. The molecule has 0 bridgehead atoms. The first-order valence-electron chi connectivity index (χ1n) is 10.4. The van der Waals surface area contributed by atoms with Crippen LogP contribution in [0.5, 0.6) is 0 Å². The highest BCUT2D eigenvalue weighted by Gasteiger charge is 2.16. The molecule has 1 amide bonds. The number of carbonyl (C=O) groups excluding carboxylic acids is 1. The number of guanidine groups is 1. The summed E-state index contributed by atoms with van der Waals surface area (Å²) in [6.45, 7) is 4.00. The Kier molecular flexibility index (Phi) is 5.93. The third-order valence-electron chi connectivity index (χ3n) is 5.30. The van der Waals surface area contributed by atoms with Crippen LogP contribution in [0, 0.1) is 13.8 Å². The number of aryl methyl sites for hydroxylation is 3. The number of hydrogen-bond acceptors (Lipinski definition) is 4. The van der Waals surface area contributed by atoms with Gasteiger partial charge in [-0.1, -0.05) is 35.9 Å². The van der Waals surface area contributed by atoms with Crippen LogP contribution in [0.25, 0.3) is 0 Å². The number of hydrogen-bond donors (Lipinski definition) is 3. The Bertz CT molecular complexity index is 1200. The smallest absolute Gasteiger partial charge is 0.257 e. The Morgan fingerprint density at radius 2 is 1.84 bits per heavy atom. The number of anilines is 1. The first-order valence-corrected chi connectivity index (χ1v) is 10.4. The van der Waals surface area contributed by atoms with E-state index >= 15 is 0 Å². The fourth-order valence-electron chi connectivity index (χ4n) is 3.69. The van der Waals surface area contributed by atoms with Crippen LogP contribution in [0.1, 0.15) is 45.6 Å². The van der Waals surface area contributed by atoms with E-state index < -0.39 is 0 Å². The summed E-state index contributed by atoms with van der Waals surface area (Å²) >= 11 is 0. The summed E-state index contributed by atoms with van der Waals surface area (Å²) in [5.41, 5.74) is 4.81. The lowest BCUT2D eigenvalue weighted by Gasteiger charge is -2.15. The van der Waals surface area contributed by atoms with E-state index in [0.717, 1.165) is 53.8 Å². The lowest BCUT2D eigenvalue weighted by atomic mass is 9.97. The molecule has 0 saturated heterocycles. The second-order valence-corrected chi connectivity index (χ2v) is 7.75. The molecule has 4 rings (SSSR count). The van der Waals surface area contributed by atoms with Gasteiger partial charge in [-0.3, -0.25) is 19.9 Å². The quantitative estimate of drug-likeness (QED) is 0.448. The molecule has 1 aliphatic carbocycles. The highest BCUT2D eigenvalue weighted by Crippen LogP contribution is 2.19. The van der Waals surface area contributed by atoms with E-state index in [-0.39, 0.29) is 23.4 Å². The third-order valence-corrected chi connectivity index (χ3v) is 5.30. The zero-order valence-corrected chi connectivity index (χ0v) is 17.7. The predicted molar refractivity (Wildman–Crippen MR) is 122 cm³/mol. The van der Waals surface area contributed by atoms with Crippen LogP contribution >= 0.6 is 0 Å². The maximum absolute atomic E-state index is 12.7. The molecule has 0 atom stereocenters. The van der Waals surface area contributed by atoms with Gasteiger partial charge in [-0.15, -0.1) is 0 Å². The third kappa shape index (κ3) is 4.88. The molecule has 0 saturated carbocycles. The van der Waals surface area contributed by atoms with Gasteiger partial charge in [0, 0.05) is 16.8 Å². The van der Waals surface area contributed by atoms with Gasteiger partial charge in [0.2, 0.25) is 11.9 Å². The van der Waals surface area contributed by atoms with E-state index in [1.807, 2.05) is 38.1 Å². The Hall–Kier alpha value is -3.74. The van der Waals surface area contributed by atoms with Gasteiger partial charge in [0.15, 0.2) is 0 Å². The molecular weight excluding hydrogens is 390 g/mol. The molecule has 1 heterocycles. The minimum absolute atomic E-state index is 0.163. The van der Waals surface area contributed by atoms with E-state index in [0.29, 0.717) is 5.56 Å². The number of nitrogens with one attached hydrogen (secondary N) is 3. The minimum atomic E-state index is -0.308. The zero-order chi connectivity index (χ0) is 21.8. The van der Waals surface area contributed by atoms with Crippen LogP contribution in [0.2, 0.25) is 0 Å². The zero-order valence-electron chi connectivity index (χ0n) is 17.7. The van der Waals surface area contributed by atoms with Crippen molar-refractivity contribution in [3.63, 3.8) is 0 Å². The molecule has 7 nitrogen and oxygen atoms in total. The molecule has 0 spiro atoms. The molecule has 31 heavy (non-hydrogen) atoms. The molecule has 3 aromatic rings. The largest absolute Gasteiger partial charge is 0.325 e. The van der Waals surface area contributed by atoms with Crippen molar-refractivity contribution in [2.75, 3.05) is 5.32 Å². The summed E-state index contributed by atoms with van der Waals surface area (Å²) in [7, 11) is 0. The number of aromatic nitrogens is 2. The number of amides is 1. The predicted octanol–water partition coefficient (Wildman–Crippen LogP) is 3.80. The van der Waals surface area contributed by atoms with Gasteiger partial charge >= 0.3 is 0 Å². The summed E-state index contributed by atoms with van der Waals surface area (Å²) in [5, 5.41) is 5.99. The van der Waals surface area contributed by atoms with Gasteiger partial charge in [0.05, 0.1) is 5.69 Å². The highest BCUT2D eigenvalue weighted by atomic mass is 16.2. The normalized spacial score (nSPS) is 13.4. The molecule has 0 radical (unpaired) electrons. The van der Waals surface area contributed by atoms with E-state index in [1.54, 1.807) is 24.3 Å². The Balaban J connectivity index is 1.70. The number of aliphatic imine (C=N–C) groups is 1. The molecule has 2 aromatic carbocycles. The minimum Gasteiger partial charge on any atom is -0.325 e. The second kappa shape index (κ2) is 8.95. The summed E-state index contributed by atoms with van der Waals surface area (Å²) in [4.78, 5) is 37.0. The van der Waals surface area contributed by atoms with E-state index in [1.165, 1.54) is 0 Å². The molecule has 1 aromatic heterocycles. The topological polar surface area (TPSA) is 99.2 Å². The number of H-pyrrole nitrogens is 1. The summed E-state index contributed by atoms with van der Waals surface area (Å²) in [6.07, 6.45) is 3.50. The van der Waals surface area contributed by atoms with Gasteiger partial charge in [-0.2, -0.15) is 4.99 Å². The fraction of sp³-hybridized carbons (Fsp3) is 0.250. The number of aromatic amines is 1. The van der Waals surface area contributed by atoms with Crippen LogP contribution in [-0.4, -0.2) is 21.8 Å². The second-order valence-electron chi connectivity index (χ2n) is 7.75. The number of carbonyl (C=O) groups is 1. The van der Waals surface area contributed by atoms with Gasteiger partial charge in [-0.05, 0) is 63.3 Å². The maximum Gasteiger partial charge on any atom is 0.257 e. The van der Waals surface area contributed by atoms with Crippen molar-refractivity contribution in [3.8, 4) is 0 Å². The number of nitrogens with zero attached hydrogens (tertiary/aromatic N) is 2. The molecule has 158 valence electrons. The standard InChI is InChI=1S/C24H25N5O2/c1-15-12-13-19(16(2)14-15)25-23(27-21(30)17-8-4-3-5-9-17)29-24-26-20-11-7-6-10-18(20)22(31)28-24/h3-5,8-9,12-14H,6-7,10-11H2,1-2H3,(H3,25,26,27,28,29,30,31). The number of rotatable bonds is 3. The van der Waals surface area contributed by atoms with Crippen LogP contribution < -0.4 is 16.2 Å². The van der Waals surface area contributed by atoms with Crippen molar-refractivity contribution >= 4 is 23.5 Å². The first kappa shape index (κ1) is 20.5. The fourth-order valence-corrected chi connectivity index (χ4v) is 3.69. The van der Waals surface area contributed by atoms with Crippen LogP contribution in [0.4, 0.5) is 11.6 Å². The van der Waals surface area contributed by atoms with E-state index in [2.05, 4.69) is 25.6 Å². The van der Waals surface area contributed by atoms with Gasteiger partial charge in [-0.25, -0.2) is 4.98 Å². The Labute approximate surface area is 180 Å². The highest BCUT2D eigenvalue weighted by molar-refractivity contribution is 6.10. The van der Waals surface area contributed by atoms with Crippen LogP contribution in [0.3, 0.4) is 0 Å². The SMILES string of the molecule is Cc1ccc(N/C(=N/c2nc3c(c(=O)[nH]2)CCCC3)NC(=O)c2ccccc2)c(C)c1. The Morgan fingerprint density at radius 3 is 2.61 bits per heavy atom. The average Bonchev–Trinajstić information content (AvgIpc) is 2.76. The number of fused-ring (bicyclic) bond motifs is 1. The molecule has 0 aliphatic heterocycles. The first-order chi connectivity index (χ1) is 15.0. The van der Waals surface area contributed by atoms with Crippen LogP contribution in [-0.2, 0) is 12.8 Å². The van der Waals surface area contributed by atoms with Crippen molar-refractivity contribution in [3.05, 3.63) is 86.8 Å². The maximum atomic E-state index is 12.7. The average molecular weight is 415 g/mol. The summed E-state index contributed by atoms with van der Waals surface area (Å²) < 4.78 is 0. The molecule has 0 unspecified atom stereocenters. The number of benzene rings is 2. The van der Waals surface area contributed by atoms with Crippen molar-refractivity contribution in [1.29, 1.82) is 0 Å². The lowest BCUT2D eigenvalue weighted by Crippen LogP contribution is -2.36. The lowest BCUT2D eigenvalue weighted by molar-refractivity contribution is 0.0977. The van der Waals surface area contributed by atoms with Crippen molar-refractivity contribution < 1.29 is 4.79 Å².